The molecule has 1 aromatic rings. The van der Waals surface area contributed by atoms with Crippen molar-refractivity contribution in [1.82, 2.24) is 5.32 Å². The molecule has 0 atom stereocenters. The number of nitrogens with one attached hydrogen (secondary N) is 2. The van der Waals surface area contributed by atoms with Crippen molar-refractivity contribution >= 4 is 39.1 Å². The zero-order valence-corrected chi connectivity index (χ0v) is 13.2. The van der Waals surface area contributed by atoms with E-state index in [2.05, 4.69) is 26.6 Å². The predicted octanol–water partition coefficient (Wildman–Crippen LogP) is 3.82. The highest BCUT2D eigenvalue weighted by molar-refractivity contribution is 9.10. The molecule has 18 heavy (non-hydrogen) atoms. The molecule has 0 aliphatic rings. The van der Waals surface area contributed by atoms with Crippen LogP contribution >= 0.6 is 27.5 Å². The number of carbonyl (C=O) groups is 1. The second kappa shape index (κ2) is 6.43. The summed E-state index contributed by atoms with van der Waals surface area (Å²) in [5.41, 5.74) is 0.636. The van der Waals surface area contributed by atoms with Gasteiger partial charge in [0, 0.05) is 15.0 Å². The Kier molecular flexibility index (Phi) is 5.47. The van der Waals surface area contributed by atoms with Crippen molar-refractivity contribution in [2.75, 3.05) is 11.9 Å². The summed E-state index contributed by atoms with van der Waals surface area (Å²) in [5.74, 6) is -0.0336. The third kappa shape index (κ3) is 4.86. The van der Waals surface area contributed by atoms with Crippen LogP contribution in [0.1, 0.15) is 27.2 Å². The first-order valence-electron chi connectivity index (χ1n) is 5.84. The van der Waals surface area contributed by atoms with E-state index in [4.69, 9.17) is 11.6 Å². The summed E-state index contributed by atoms with van der Waals surface area (Å²) >= 11 is 9.30. The number of halogens is 2. The summed E-state index contributed by atoms with van der Waals surface area (Å²) in [6.45, 7) is 6.27. The van der Waals surface area contributed by atoms with Crippen LogP contribution in [0.3, 0.4) is 0 Å². The molecule has 0 aliphatic heterocycles. The predicted molar refractivity (Wildman–Crippen MR) is 80.2 cm³/mol. The average Bonchev–Trinajstić information content (AvgIpc) is 2.30. The standard InChI is InChI=1S/C13H18BrClN2O/c1-4-13(2,3)17-12(18)8-16-11-7-9(15)5-6-10(11)14/h5-7,16H,4,8H2,1-3H3,(H,17,18). The number of carbonyl (C=O) groups excluding carboxylic acids is 1. The van der Waals surface area contributed by atoms with E-state index in [1.165, 1.54) is 0 Å². The Balaban J connectivity index is 2.55. The molecule has 0 radical (unpaired) electrons. The fourth-order valence-electron chi connectivity index (χ4n) is 1.32. The highest BCUT2D eigenvalue weighted by Crippen LogP contribution is 2.25. The molecule has 2 N–H and O–H groups in total. The Morgan fingerprint density at radius 2 is 2.11 bits per heavy atom. The van der Waals surface area contributed by atoms with Crippen LogP contribution < -0.4 is 10.6 Å². The number of amides is 1. The van der Waals surface area contributed by atoms with Gasteiger partial charge in [-0.15, -0.1) is 0 Å². The highest BCUT2D eigenvalue weighted by Gasteiger charge is 2.17. The van der Waals surface area contributed by atoms with Crippen LogP contribution in [-0.2, 0) is 4.79 Å². The fraction of sp³-hybridized carbons (Fsp3) is 0.462. The van der Waals surface area contributed by atoms with Gasteiger partial charge in [0.2, 0.25) is 5.91 Å². The van der Waals surface area contributed by atoms with Crippen LogP contribution in [0.15, 0.2) is 22.7 Å². The van der Waals surface area contributed by atoms with Crippen LogP contribution in [0, 0.1) is 0 Å². The van der Waals surface area contributed by atoms with Gasteiger partial charge in [-0.3, -0.25) is 4.79 Å². The summed E-state index contributed by atoms with van der Waals surface area (Å²) in [6, 6.07) is 5.42. The van der Waals surface area contributed by atoms with E-state index in [1.54, 1.807) is 12.1 Å². The van der Waals surface area contributed by atoms with Gasteiger partial charge in [-0.2, -0.15) is 0 Å². The molecule has 1 aromatic carbocycles. The van der Waals surface area contributed by atoms with Crippen LogP contribution in [0.4, 0.5) is 5.69 Å². The Labute approximate surface area is 121 Å². The molecule has 0 saturated heterocycles. The summed E-state index contributed by atoms with van der Waals surface area (Å²) < 4.78 is 0.884. The van der Waals surface area contributed by atoms with Crippen molar-refractivity contribution in [2.45, 2.75) is 32.7 Å². The van der Waals surface area contributed by atoms with Gasteiger partial charge < -0.3 is 10.6 Å². The van der Waals surface area contributed by atoms with E-state index in [0.29, 0.717) is 5.02 Å². The number of hydrogen-bond acceptors (Lipinski definition) is 2. The largest absolute Gasteiger partial charge is 0.375 e. The topological polar surface area (TPSA) is 41.1 Å². The quantitative estimate of drug-likeness (QED) is 0.860. The maximum absolute atomic E-state index is 11.8. The molecule has 0 heterocycles. The molecule has 1 rings (SSSR count). The minimum Gasteiger partial charge on any atom is -0.375 e. The molecule has 0 unspecified atom stereocenters. The molecular formula is C13H18BrClN2O. The van der Waals surface area contributed by atoms with E-state index in [-0.39, 0.29) is 18.0 Å². The van der Waals surface area contributed by atoms with Gasteiger partial charge in [-0.05, 0) is 54.4 Å². The molecule has 100 valence electrons. The van der Waals surface area contributed by atoms with E-state index in [0.717, 1.165) is 16.6 Å². The lowest BCUT2D eigenvalue weighted by atomic mass is 10.0. The van der Waals surface area contributed by atoms with Gasteiger partial charge in [-0.25, -0.2) is 0 Å². The van der Waals surface area contributed by atoms with Crippen molar-refractivity contribution in [3.8, 4) is 0 Å². The molecule has 3 nitrogen and oxygen atoms in total. The molecule has 1 amide bonds. The number of rotatable bonds is 5. The first kappa shape index (κ1) is 15.3. The average molecular weight is 334 g/mol. The minimum atomic E-state index is -0.176. The Morgan fingerprint density at radius 1 is 1.44 bits per heavy atom. The Bertz CT molecular complexity index is 435. The van der Waals surface area contributed by atoms with Gasteiger partial charge in [0.05, 0.1) is 12.2 Å². The van der Waals surface area contributed by atoms with Gasteiger partial charge in [0.25, 0.3) is 0 Å². The van der Waals surface area contributed by atoms with E-state index >= 15 is 0 Å². The van der Waals surface area contributed by atoms with Gasteiger partial charge in [0.1, 0.15) is 0 Å². The monoisotopic (exact) mass is 332 g/mol. The van der Waals surface area contributed by atoms with E-state index in [1.807, 2.05) is 26.8 Å². The molecule has 5 heteroatoms. The van der Waals surface area contributed by atoms with Crippen molar-refractivity contribution in [3.63, 3.8) is 0 Å². The van der Waals surface area contributed by atoms with Crippen LogP contribution in [0.2, 0.25) is 5.02 Å². The third-order valence-corrected chi connectivity index (χ3v) is 3.66. The lowest BCUT2D eigenvalue weighted by Crippen LogP contribution is -2.45. The number of benzene rings is 1. The first-order valence-corrected chi connectivity index (χ1v) is 7.01. The second-order valence-electron chi connectivity index (χ2n) is 4.76. The lowest BCUT2D eigenvalue weighted by Gasteiger charge is -2.24. The Hall–Kier alpha value is -0.740. The summed E-state index contributed by atoms with van der Waals surface area (Å²) in [6.07, 6.45) is 0.888. The zero-order valence-electron chi connectivity index (χ0n) is 10.8. The molecule has 0 fully saturated rings. The van der Waals surface area contributed by atoms with E-state index < -0.39 is 0 Å². The molecule has 0 bridgehead atoms. The molecule has 0 aromatic heterocycles. The van der Waals surface area contributed by atoms with E-state index in [9.17, 15) is 4.79 Å². The second-order valence-corrected chi connectivity index (χ2v) is 6.05. The zero-order chi connectivity index (χ0) is 13.8. The minimum absolute atomic E-state index is 0.0336. The number of hydrogen-bond donors (Lipinski definition) is 2. The molecule has 0 spiro atoms. The SMILES string of the molecule is CCC(C)(C)NC(=O)CNc1cc(Cl)ccc1Br. The van der Waals surface area contributed by atoms with Crippen molar-refractivity contribution in [2.24, 2.45) is 0 Å². The van der Waals surface area contributed by atoms with Gasteiger partial charge >= 0.3 is 0 Å². The molecule has 0 aliphatic carbocycles. The summed E-state index contributed by atoms with van der Waals surface area (Å²) in [5, 5.41) is 6.65. The van der Waals surface area contributed by atoms with Crippen molar-refractivity contribution in [1.29, 1.82) is 0 Å². The van der Waals surface area contributed by atoms with Crippen molar-refractivity contribution in [3.05, 3.63) is 27.7 Å². The van der Waals surface area contributed by atoms with Gasteiger partial charge in [0.15, 0.2) is 0 Å². The van der Waals surface area contributed by atoms with Gasteiger partial charge in [-0.1, -0.05) is 18.5 Å². The maximum atomic E-state index is 11.8. The molecule has 0 saturated carbocycles. The van der Waals surface area contributed by atoms with Crippen LogP contribution in [0.5, 0.6) is 0 Å². The third-order valence-electron chi connectivity index (χ3n) is 2.73. The van der Waals surface area contributed by atoms with Crippen LogP contribution in [0.25, 0.3) is 0 Å². The van der Waals surface area contributed by atoms with Crippen LogP contribution in [-0.4, -0.2) is 18.0 Å². The highest BCUT2D eigenvalue weighted by atomic mass is 79.9. The Morgan fingerprint density at radius 3 is 2.72 bits per heavy atom. The summed E-state index contributed by atoms with van der Waals surface area (Å²) in [4.78, 5) is 11.8. The normalized spacial score (nSPS) is 11.2. The lowest BCUT2D eigenvalue weighted by molar-refractivity contribution is -0.121. The fourth-order valence-corrected chi connectivity index (χ4v) is 1.88. The number of anilines is 1. The first-order chi connectivity index (χ1) is 8.34. The van der Waals surface area contributed by atoms with Crippen molar-refractivity contribution < 1.29 is 4.79 Å². The molecular weight excluding hydrogens is 316 g/mol. The summed E-state index contributed by atoms with van der Waals surface area (Å²) in [7, 11) is 0. The maximum Gasteiger partial charge on any atom is 0.239 e. The smallest absolute Gasteiger partial charge is 0.239 e.